The molecule has 6 heteroatoms. The van der Waals surface area contributed by atoms with Gasteiger partial charge in [-0.25, -0.2) is 4.68 Å². The second kappa shape index (κ2) is 9.20. The van der Waals surface area contributed by atoms with E-state index in [9.17, 15) is 9.90 Å². The Labute approximate surface area is 142 Å². The van der Waals surface area contributed by atoms with Crippen LogP contribution in [0.1, 0.15) is 25.3 Å². The van der Waals surface area contributed by atoms with Gasteiger partial charge < -0.3 is 15.2 Å². The van der Waals surface area contributed by atoms with E-state index < -0.39 is 0 Å². The average molecular weight is 331 g/mol. The zero-order chi connectivity index (χ0) is 17.4. The number of aryl methyl sites for hydroxylation is 1. The maximum Gasteiger partial charge on any atom is 0.225 e. The summed E-state index contributed by atoms with van der Waals surface area (Å²) in [7, 11) is 0. The predicted octanol–water partition coefficient (Wildman–Crippen LogP) is 2.61. The average Bonchev–Trinajstić information content (AvgIpc) is 2.95. The van der Waals surface area contributed by atoms with Crippen LogP contribution in [-0.2, 0) is 16.1 Å². The zero-order valence-electron chi connectivity index (χ0n) is 14.3. The Kier molecular flexibility index (Phi) is 6.96. The number of aliphatic hydroxyl groups excluding tert-OH is 1. The van der Waals surface area contributed by atoms with Crippen molar-refractivity contribution < 1.29 is 14.6 Å². The highest BCUT2D eigenvalue weighted by Crippen LogP contribution is 2.25. The van der Waals surface area contributed by atoms with E-state index >= 15 is 0 Å². The summed E-state index contributed by atoms with van der Waals surface area (Å²) in [6, 6.07) is 9.80. The molecule has 0 fully saturated rings. The fourth-order valence-corrected chi connectivity index (χ4v) is 2.46. The number of hydrogen-bond acceptors (Lipinski definition) is 4. The number of carbonyl (C=O) groups excluding carboxylic acids is 1. The van der Waals surface area contributed by atoms with E-state index in [1.165, 1.54) is 0 Å². The van der Waals surface area contributed by atoms with E-state index in [1.807, 2.05) is 44.2 Å². The van der Waals surface area contributed by atoms with Crippen LogP contribution in [0, 0.1) is 6.92 Å². The van der Waals surface area contributed by atoms with Crippen LogP contribution in [0.25, 0.3) is 11.3 Å². The highest BCUT2D eigenvalue weighted by molar-refractivity contribution is 5.90. The number of nitrogens with zero attached hydrogens (tertiary/aromatic N) is 2. The van der Waals surface area contributed by atoms with E-state index in [0.717, 1.165) is 16.8 Å². The lowest BCUT2D eigenvalue weighted by atomic mass is 10.1. The molecule has 2 N–H and O–H groups in total. The van der Waals surface area contributed by atoms with Crippen molar-refractivity contribution in [3.63, 3.8) is 0 Å². The highest BCUT2D eigenvalue weighted by Gasteiger charge is 2.13. The zero-order valence-corrected chi connectivity index (χ0v) is 14.3. The molecule has 1 heterocycles. The number of hydrogen-bond donors (Lipinski definition) is 2. The minimum absolute atomic E-state index is 0.0396. The molecule has 0 spiro atoms. The Morgan fingerprint density at radius 3 is 2.88 bits per heavy atom. The van der Waals surface area contributed by atoms with E-state index in [1.54, 1.807) is 4.68 Å². The third kappa shape index (κ3) is 4.91. The molecular weight excluding hydrogens is 306 g/mol. The molecule has 0 saturated heterocycles. The largest absolute Gasteiger partial charge is 0.394 e. The van der Waals surface area contributed by atoms with Crippen molar-refractivity contribution in [2.75, 3.05) is 25.1 Å². The minimum Gasteiger partial charge on any atom is -0.394 e. The molecule has 0 aliphatic rings. The Morgan fingerprint density at radius 1 is 1.38 bits per heavy atom. The molecule has 1 amide bonds. The van der Waals surface area contributed by atoms with E-state index in [0.29, 0.717) is 38.4 Å². The van der Waals surface area contributed by atoms with Crippen LogP contribution in [0.5, 0.6) is 0 Å². The van der Waals surface area contributed by atoms with E-state index in [2.05, 4.69) is 10.4 Å². The van der Waals surface area contributed by atoms with Gasteiger partial charge in [-0.1, -0.05) is 24.3 Å². The van der Waals surface area contributed by atoms with Gasteiger partial charge in [0.15, 0.2) is 0 Å². The molecule has 0 radical (unpaired) electrons. The normalized spacial score (nSPS) is 10.8. The minimum atomic E-state index is -0.0786. The van der Waals surface area contributed by atoms with Crippen LogP contribution < -0.4 is 5.32 Å². The lowest BCUT2D eigenvalue weighted by Gasteiger charge is -2.07. The van der Waals surface area contributed by atoms with E-state index in [-0.39, 0.29) is 12.5 Å². The fourth-order valence-electron chi connectivity index (χ4n) is 2.46. The van der Waals surface area contributed by atoms with Crippen molar-refractivity contribution in [3.8, 4) is 11.3 Å². The molecule has 0 unspecified atom stereocenters. The number of nitrogens with one attached hydrogen (secondary N) is 1. The monoisotopic (exact) mass is 331 g/mol. The number of carbonyl (C=O) groups is 1. The summed E-state index contributed by atoms with van der Waals surface area (Å²) in [5.74, 6) is 0.522. The van der Waals surface area contributed by atoms with Crippen LogP contribution in [0.2, 0.25) is 0 Å². The number of ether oxygens (including phenoxy) is 1. The van der Waals surface area contributed by atoms with Crippen molar-refractivity contribution in [1.82, 2.24) is 9.78 Å². The first kappa shape index (κ1) is 18.2. The summed E-state index contributed by atoms with van der Waals surface area (Å²) in [6.45, 7) is 5.48. The maximum atomic E-state index is 12.1. The standard InChI is InChI=1S/C18H25N3O3/c1-3-24-12-6-9-18(23)19-17-13-16(20-21(17)10-11-22)15-8-5-4-7-14(15)2/h4-5,7-8,13,22H,3,6,9-12H2,1-2H3,(H,19,23). The van der Waals surface area contributed by atoms with Gasteiger partial charge in [-0.2, -0.15) is 5.10 Å². The maximum absolute atomic E-state index is 12.1. The van der Waals surface area contributed by atoms with Crippen LogP contribution in [-0.4, -0.2) is 40.6 Å². The molecule has 130 valence electrons. The second-order valence-corrected chi connectivity index (χ2v) is 5.53. The molecule has 2 rings (SSSR count). The van der Waals surface area contributed by atoms with Gasteiger partial charge in [-0.3, -0.25) is 4.79 Å². The first-order valence-electron chi connectivity index (χ1n) is 8.28. The summed E-state index contributed by atoms with van der Waals surface area (Å²) in [5.41, 5.74) is 2.91. The highest BCUT2D eigenvalue weighted by atomic mass is 16.5. The van der Waals surface area contributed by atoms with Crippen LogP contribution in [0.4, 0.5) is 5.82 Å². The Morgan fingerprint density at radius 2 is 2.17 bits per heavy atom. The number of amides is 1. The van der Waals surface area contributed by atoms with Gasteiger partial charge in [0, 0.05) is 31.3 Å². The van der Waals surface area contributed by atoms with Crippen LogP contribution >= 0.6 is 0 Å². The van der Waals surface area contributed by atoms with Gasteiger partial charge in [0.25, 0.3) is 0 Å². The Bertz CT molecular complexity index is 667. The smallest absolute Gasteiger partial charge is 0.225 e. The second-order valence-electron chi connectivity index (χ2n) is 5.53. The van der Waals surface area contributed by atoms with Crippen LogP contribution in [0.15, 0.2) is 30.3 Å². The van der Waals surface area contributed by atoms with Crippen molar-refractivity contribution in [1.29, 1.82) is 0 Å². The predicted molar refractivity (Wildman–Crippen MR) is 93.8 cm³/mol. The lowest BCUT2D eigenvalue weighted by Crippen LogP contribution is -2.16. The topological polar surface area (TPSA) is 76.4 Å². The van der Waals surface area contributed by atoms with Crippen molar-refractivity contribution in [3.05, 3.63) is 35.9 Å². The number of aliphatic hydroxyl groups is 1. The molecule has 24 heavy (non-hydrogen) atoms. The molecule has 0 atom stereocenters. The molecule has 0 aliphatic heterocycles. The quantitative estimate of drug-likeness (QED) is 0.693. The van der Waals surface area contributed by atoms with Gasteiger partial charge in [0.05, 0.1) is 18.8 Å². The molecule has 2 aromatic rings. The number of rotatable bonds is 9. The third-order valence-corrected chi connectivity index (χ3v) is 3.68. The molecule has 0 saturated carbocycles. The summed E-state index contributed by atoms with van der Waals surface area (Å²) < 4.78 is 6.87. The SMILES string of the molecule is CCOCCCC(=O)Nc1cc(-c2ccccc2C)nn1CCO. The fraction of sp³-hybridized carbons (Fsp3) is 0.444. The molecule has 0 bridgehead atoms. The van der Waals surface area contributed by atoms with Crippen molar-refractivity contribution in [2.45, 2.75) is 33.2 Å². The number of aromatic nitrogens is 2. The lowest BCUT2D eigenvalue weighted by molar-refractivity contribution is -0.116. The molecule has 6 nitrogen and oxygen atoms in total. The van der Waals surface area contributed by atoms with Crippen molar-refractivity contribution >= 4 is 11.7 Å². The molecular formula is C18H25N3O3. The number of anilines is 1. The molecule has 0 aliphatic carbocycles. The third-order valence-electron chi connectivity index (χ3n) is 3.68. The Balaban J connectivity index is 2.11. The van der Waals surface area contributed by atoms with Gasteiger partial charge in [0.2, 0.25) is 5.91 Å². The van der Waals surface area contributed by atoms with Gasteiger partial charge >= 0.3 is 0 Å². The number of benzene rings is 1. The molecule has 1 aromatic carbocycles. The van der Waals surface area contributed by atoms with Gasteiger partial charge in [-0.05, 0) is 25.8 Å². The van der Waals surface area contributed by atoms with E-state index in [4.69, 9.17) is 4.74 Å². The van der Waals surface area contributed by atoms with Crippen LogP contribution in [0.3, 0.4) is 0 Å². The summed E-state index contributed by atoms with van der Waals surface area (Å²) in [6.07, 6.45) is 1.07. The first-order chi connectivity index (χ1) is 11.7. The Hall–Kier alpha value is -2.18. The summed E-state index contributed by atoms with van der Waals surface area (Å²) in [5, 5.41) is 16.6. The first-order valence-corrected chi connectivity index (χ1v) is 8.28. The summed E-state index contributed by atoms with van der Waals surface area (Å²) >= 11 is 0. The molecule has 1 aromatic heterocycles. The van der Waals surface area contributed by atoms with Gasteiger partial charge in [-0.15, -0.1) is 0 Å². The van der Waals surface area contributed by atoms with Crippen molar-refractivity contribution in [2.24, 2.45) is 0 Å². The van der Waals surface area contributed by atoms with Gasteiger partial charge in [0.1, 0.15) is 5.82 Å². The summed E-state index contributed by atoms with van der Waals surface area (Å²) in [4.78, 5) is 12.1.